The van der Waals surface area contributed by atoms with Crippen molar-refractivity contribution in [2.24, 2.45) is 0 Å². The summed E-state index contributed by atoms with van der Waals surface area (Å²) >= 11 is 0. The molecule has 1 aliphatic rings. The highest BCUT2D eigenvalue weighted by molar-refractivity contribution is 7.90. The predicted octanol–water partition coefficient (Wildman–Crippen LogP) is 1.75. The SMILES string of the molecule is CS(=O)(=O)CCC(=O)N(Cc1ccccc1F)C1CC1. The van der Waals surface area contributed by atoms with Gasteiger partial charge in [-0.25, -0.2) is 12.8 Å². The van der Waals surface area contributed by atoms with E-state index in [1.165, 1.54) is 6.07 Å². The van der Waals surface area contributed by atoms with Gasteiger partial charge in [-0.2, -0.15) is 0 Å². The number of carbonyl (C=O) groups excluding carboxylic acids is 1. The Kier molecular flexibility index (Phi) is 4.42. The van der Waals surface area contributed by atoms with E-state index in [0.717, 1.165) is 19.1 Å². The molecule has 1 aromatic rings. The number of rotatable bonds is 6. The zero-order valence-corrected chi connectivity index (χ0v) is 12.2. The van der Waals surface area contributed by atoms with Gasteiger partial charge in [0.15, 0.2) is 0 Å². The van der Waals surface area contributed by atoms with E-state index in [1.54, 1.807) is 23.1 Å². The molecule has 0 radical (unpaired) electrons. The smallest absolute Gasteiger partial charge is 0.224 e. The zero-order chi connectivity index (χ0) is 14.8. The van der Waals surface area contributed by atoms with Crippen LogP contribution in [-0.4, -0.2) is 37.3 Å². The van der Waals surface area contributed by atoms with E-state index in [9.17, 15) is 17.6 Å². The molecule has 6 heteroatoms. The van der Waals surface area contributed by atoms with Gasteiger partial charge in [0.2, 0.25) is 5.91 Å². The van der Waals surface area contributed by atoms with E-state index in [4.69, 9.17) is 0 Å². The van der Waals surface area contributed by atoms with Crippen LogP contribution in [0.2, 0.25) is 0 Å². The molecule has 0 aromatic heterocycles. The summed E-state index contributed by atoms with van der Waals surface area (Å²) in [6.45, 7) is 0.208. The molecule has 0 unspecified atom stereocenters. The maximum absolute atomic E-state index is 13.6. The largest absolute Gasteiger partial charge is 0.335 e. The van der Waals surface area contributed by atoms with Gasteiger partial charge in [-0.05, 0) is 18.9 Å². The highest BCUT2D eigenvalue weighted by Gasteiger charge is 2.32. The third-order valence-corrected chi connectivity index (χ3v) is 4.24. The molecule has 0 atom stereocenters. The molecule has 0 saturated heterocycles. The highest BCUT2D eigenvalue weighted by Crippen LogP contribution is 2.29. The van der Waals surface area contributed by atoms with E-state index in [2.05, 4.69) is 0 Å². The minimum atomic E-state index is -3.16. The fraction of sp³-hybridized carbons (Fsp3) is 0.500. The molecule has 0 aliphatic heterocycles. The van der Waals surface area contributed by atoms with Crippen molar-refractivity contribution in [1.82, 2.24) is 4.90 Å². The molecule has 1 saturated carbocycles. The maximum atomic E-state index is 13.6. The predicted molar refractivity (Wildman–Crippen MR) is 74.3 cm³/mol. The summed E-state index contributed by atoms with van der Waals surface area (Å²) in [7, 11) is -3.16. The molecule has 20 heavy (non-hydrogen) atoms. The molecule has 0 spiro atoms. The van der Waals surface area contributed by atoms with Crippen LogP contribution in [0.1, 0.15) is 24.8 Å². The van der Waals surface area contributed by atoms with Crippen molar-refractivity contribution >= 4 is 15.7 Å². The number of benzene rings is 1. The lowest BCUT2D eigenvalue weighted by atomic mass is 10.2. The molecule has 4 nitrogen and oxygen atoms in total. The standard InChI is InChI=1S/C14H18FNO3S/c1-20(18,19)9-8-14(17)16(12-6-7-12)10-11-4-2-3-5-13(11)15/h2-5,12H,6-10H2,1H3. The number of amides is 1. The second-order valence-corrected chi connectivity index (χ2v) is 7.48. The van der Waals surface area contributed by atoms with Crippen molar-refractivity contribution in [3.05, 3.63) is 35.6 Å². The van der Waals surface area contributed by atoms with Gasteiger partial charge in [-0.3, -0.25) is 4.79 Å². The van der Waals surface area contributed by atoms with Gasteiger partial charge in [-0.15, -0.1) is 0 Å². The molecule has 0 heterocycles. The first-order valence-corrected chi connectivity index (χ1v) is 8.63. The van der Waals surface area contributed by atoms with Crippen molar-refractivity contribution in [2.45, 2.75) is 31.8 Å². The maximum Gasteiger partial charge on any atom is 0.224 e. The van der Waals surface area contributed by atoms with Crippen LogP contribution in [0.15, 0.2) is 24.3 Å². The number of hydrogen-bond donors (Lipinski definition) is 0. The monoisotopic (exact) mass is 299 g/mol. The average molecular weight is 299 g/mol. The lowest BCUT2D eigenvalue weighted by Crippen LogP contribution is -2.34. The Bertz CT molecular complexity index is 596. The quantitative estimate of drug-likeness (QED) is 0.804. The normalized spacial score (nSPS) is 15.1. The lowest BCUT2D eigenvalue weighted by molar-refractivity contribution is -0.132. The van der Waals surface area contributed by atoms with Crippen molar-refractivity contribution in [1.29, 1.82) is 0 Å². The van der Waals surface area contributed by atoms with E-state index in [1.807, 2.05) is 0 Å². The molecule has 110 valence electrons. The molecular weight excluding hydrogens is 281 g/mol. The number of nitrogens with zero attached hydrogens (tertiary/aromatic N) is 1. The van der Waals surface area contributed by atoms with Gasteiger partial charge in [-0.1, -0.05) is 18.2 Å². The summed E-state index contributed by atoms with van der Waals surface area (Å²) in [4.78, 5) is 13.7. The Labute approximate surface area is 118 Å². The Hall–Kier alpha value is -1.43. The fourth-order valence-electron chi connectivity index (χ4n) is 2.03. The van der Waals surface area contributed by atoms with Crippen LogP contribution in [0.3, 0.4) is 0 Å². The van der Waals surface area contributed by atoms with E-state index in [0.29, 0.717) is 5.56 Å². The van der Waals surface area contributed by atoms with E-state index < -0.39 is 9.84 Å². The summed E-state index contributed by atoms with van der Waals surface area (Å²) in [5.41, 5.74) is 0.465. The third-order valence-electron chi connectivity index (χ3n) is 3.29. The molecular formula is C14H18FNO3S. The van der Waals surface area contributed by atoms with Crippen LogP contribution in [0.4, 0.5) is 4.39 Å². The van der Waals surface area contributed by atoms with E-state index >= 15 is 0 Å². The van der Waals surface area contributed by atoms with Gasteiger partial charge >= 0.3 is 0 Å². The van der Waals surface area contributed by atoms with E-state index in [-0.39, 0.29) is 36.5 Å². The molecule has 1 aliphatic carbocycles. The Morgan fingerprint density at radius 2 is 2.00 bits per heavy atom. The highest BCUT2D eigenvalue weighted by atomic mass is 32.2. The number of carbonyl (C=O) groups is 1. The summed E-state index contributed by atoms with van der Waals surface area (Å²) in [5.74, 6) is -0.720. The van der Waals surface area contributed by atoms with Gasteiger partial charge in [0.05, 0.1) is 5.75 Å². The average Bonchev–Trinajstić information content (AvgIpc) is 3.18. The molecule has 1 fully saturated rings. The topological polar surface area (TPSA) is 54.5 Å². The lowest BCUT2D eigenvalue weighted by Gasteiger charge is -2.22. The number of halogens is 1. The van der Waals surface area contributed by atoms with Crippen molar-refractivity contribution in [3.8, 4) is 0 Å². The van der Waals surface area contributed by atoms with Crippen molar-refractivity contribution < 1.29 is 17.6 Å². The third kappa shape index (κ3) is 4.30. The first kappa shape index (κ1) is 15.0. The van der Waals surface area contributed by atoms with Gasteiger partial charge in [0.1, 0.15) is 15.7 Å². The second kappa shape index (κ2) is 5.91. The molecule has 0 bridgehead atoms. The van der Waals surface area contributed by atoms with Crippen LogP contribution in [0.25, 0.3) is 0 Å². The first-order chi connectivity index (χ1) is 9.37. The molecule has 1 aromatic carbocycles. The number of sulfone groups is 1. The Morgan fingerprint density at radius 3 is 2.55 bits per heavy atom. The van der Waals surface area contributed by atoms with Crippen molar-refractivity contribution in [2.75, 3.05) is 12.0 Å². The zero-order valence-electron chi connectivity index (χ0n) is 11.4. The number of hydrogen-bond acceptors (Lipinski definition) is 3. The Balaban J connectivity index is 2.04. The molecule has 0 N–H and O–H groups in total. The summed E-state index contributed by atoms with van der Waals surface area (Å²) in [5, 5.41) is 0. The second-order valence-electron chi connectivity index (χ2n) is 5.22. The van der Waals surface area contributed by atoms with Crippen molar-refractivity contribution in [3.63, 3.8) is 0 Å². The van der Waals surface area contributed by atoms with Gasteiger partial charge in [0.25, 0.3) is 0 Å². The van der Waals surface area contributed by atoms with Crippen LogP contribution < -0.4 is 0 Å². The molecule has 1 amide bonds. The van der Waals surface area contributed by atoms with Crippen LogP contribution in [0, 0.1) is 5.82 Å². The van der Waals surface area contributed by atoms with Crippen LogP contribution in [-0.2, 0) is 21.2 Å². The van der Waals surface area contributed by atoms with Crippen LogP contribution >= 0.6 is 0 Å². The van der Waals surface area contributed by atoms with Gasteiger partial charge < -0.3 is 4.90 Å². The first-order valence-electron chi connectivity index (χ1n) is 6.57. The summed E-state index contributed by atoms with van der Waals surface area (Å²) < 4.78 is 35.9. The molecule has 2 rings (SSSR count). The Morgan fingerprint density at radius 1 is 1.35 bits per heavy atom. The summed E-state index contributed by atoms with van der Waals surface area (Å²) in [6.07, 6.45) is 2.88. The van der Waals surface area contributed by atoms with Crippen LogP contribution in [0.5, 0.6) is 0 Å². The minimum absolute atomic E-state index is 0.0379. The minimum Gasteiger partial charge on any atom is -0.335 e. The fourth-order valence-corrected chi connectivity index (χ4v) is 2.58. The van der Waals surface area contributed by atoms with Gasteiger partial charge in [0, 0.05) is 30.8 Å². The summed E-state index contributed by atoms with van der Waals surface area (Å²) in [6, 6.07) is 6.47.